The Hall–Kier alpha value is -1.79. The van der Waals surface area contributed by atoms with Crippen LogP contribution in [0.2, 0.25) is 0 Å². The topological polar surface area (TPSA) is 63.4 Å². The number of thiophene rings is 1. The third kappa shape index (κ3) is 3.99. The third-order valence-corrected chi connectivity index (χ3v) is 6.36. The molecule has 1 aromatic heterocycles. The molecule has 1 aliphatic rings. The molecule has 1 aliphatic heterocycles. The highest BCUT2D eigenvalue weighted by Gasteiger charge is 2.28. The number of carbonyl (C=O) groups is 2. The van der Waals surface area contributed by atoms with Crippen molar-refractivity contribution in [3.63, 3.8) is 0 Å². The van der Waals surface area contributed by atoms with Gasteiger partial charge in [-0.15, -0.1) is 23.1 Å². The Bertz CT molecular complexity index is 716. The van der Waals surface area contributed by atoms with E-state index in [0.717, 1.165) is 23.5 Å². The molecule has 3 rings (SSSR count). The zero-order chi connectivity index (χ0) is 16.9. The van der Waals surface area contributed by atoms with Crippen LogP contribution >= 0.6 is 23.1 Å². The first-order valence-electron chi connectivity index (χ1n) is 7.98. The molecule has 0 radical (unpaired) electrons. The molecule has 2 aromatic rings. The number of nitrogens with zero attached hydrogens (tertiary/aromatic N) is 1. The number of amides is 2. The van der Waals surface area contributed by atoms with E-state index in [2.05, 4.69) is 11.4 Å². The lowest BCUT2D eigenvalue weighted by Gasteiger charge is -2.31. The number of thioether (sulfide) groups is 1. The number of benzene rings is 1. The van der Waals surface area contributed by atoms with Crippen LogP contribution in [0, 0.1) is 5.92 Å². The highest BCUT2D eigenvalue weighted by molar-refractivity contribution is 7.98. The fourth-order valence-electron chi connectivity index (χ4n) is 2.88. The molecule has 2 N–H and O–H groups in total. The van der Waals surface area contributed by atoms with E-state index in [1.165, 1.54) is 4.88 Å². The fourth-order valence-corrected chi connectivity index (χ4v) is 4.69. The molecule has 2 amide bonds. The predicted molar refractivity (Wildman–Crippen MR) is 98.1 cm³/mol. The van der Waals surface area contributed by atoms with Gasteiger partial charge in [0.25, 0.3) is 5.91 Å². The number of carbonyl (C=O) groups excluding carboxylic acids is 2. The van der Waals surface area contributed by atoms with Gasteiger partial charge in [0.05, 0.1) is 11.5 Å². The molecule has 1 unspecified atom stereocenters. The maximum Gasteiger partial charge on any atom is 0.255 e. The van der Waals surface area contributed by atoms with E-state index in [-0.39, 0.29) is 17.7 Å². The average molecular weight is 361 g/mol. The van der Waals surface area contributed by atoms with Crippen LogP contribution in [0.5, 0.6) is 0 Å². The van der Waals surface area contributed by atoms with Gasteiger partial charge in [0.15, 0.2) is 0 Å². The number of rotatable bonds is 5. The Labute approximate surface area is 150 Å². The van der Waals surface area contributed by atoms with E-state index in [1.807, 2.05) is 30.3 Å². The first-order chi connectivity index (χ1) is 11.6. The van der Waals surface area contributed by atoms with Crippen molar-refractivity contribution in [1.29, 1.82) is 0 Å². The van der Waals surface area contributed by atoms with Crippen LogP contribution in [0.15, 0.2) is 46.7 Å². The Balaban J connectivity index is 1.73. The zero-order valence-electron chi connectivity index (χ0n) is 13.3. The quantitative estimate of drug-likeness (QED) is 0.832. The normalized spacial score (nSPS) is 17.7. The van der Waals surface area contributed by atoms with E-state index in [1.54, 1.807) is 28.0 Å². The molecule has 1 aromatic carbocycles. The van der Waals surface area contributed by atoms with Crippen LogP contribution in [-0.2, 0) is 10.5 Å². The second kappa shape index (κ2) is 7.85. The van der Waals surface area contributed by atoms with Gasteiger partial charge in [0.2, 0.25) is 5.91 Å². The summed E-state index contributed by atoms with van der Waals surface area (Å²) in [6, 6.07) is 11.8. The van der Waals surface area contributed by atoms with Crippen LogP contribution in [0.25, 0.3) is 0 Å². The lowest BCUT2D eigenvalue weighted by Crippen LogP contribution is -2.44. The van der Waals surface area contributed by atoms with Crippen LogP contribution in [0.1, 0.15) is 28.1 Å². The number of hydrogen-bond donors (Lipinski definition) is 1. The third-order valence-electron chi connectivity index (χ3n) is 4.18. The molecule has 0 aliphatic carbocycles. The van der Waals surface area contributed by atoms with Gasteiger partial charge in [-0.25, -0.2) is 0 Å². The van der Waals surface area contributed by atoms with E-state index < -0.39 is 0 Å². The molecule has 6 heteroatoms. The Morgan fingerprint density at radius 3 is 2.83 bits per heavy atom. The van der Waals surface area contributed by atoms with Crippen molar-refractivity contribution in [3.05, 3.63) is 52.2 Å². The molecular formula is C18H20N2O2S2. The van der Waals surface area contributed by atoms with Crippen molar-refractivity contribution in [3.8, 4) is 0 Å². The molecule has 1 atom stereocenters. The number of nitrogens with two attached hydrogens (primary N) is 1. The fraction of sp³-hybridized carbons (Fsp3) is 0.333. The molecule has 0 bridgehead atoms. The standard InChI is InChI=1S/C18H20N2O2S2/c19-17(21)13-5-3-9-20(11-13)18(22)15-7-1-2-8-16(15)24-12-14-6-4-10-23-14/h1-2,4,6-8,10,13H,3,5,9,11-12H2,(H2,19,21). The molecule has 4 nitrogen and oxygen atoms in total. The molecule has 0 spiro atoms. The molecule has 1 saturated heterocycles. The molecule has 0 saturated carbocycles. The van der Waals surface area contributed by atoms with Crippen molar-refractivity contribution in [2.24, 2.45) is 11.7 Å². The van der Waals surface area contributed by atoms with Crippen LogP contribution in [0.4, 0.5) is 0 Å². The number of likely N-dealkylation sites (tertiary alicyclic amines) is 1. The minimum Gasteiger partial charge on any atom is -0.369 e. The predicted octanol–water partition coefficient (Wildman–Crippen LogP) is 3.38. The van der Waals surface area contributed by atoms with Gasteiger partial charge in [-0.2, -0.15) is 0 Å². The van der Waals surface area contributed by atoms with Crippen molar-refractivity contribution in [2.45, 2.75) is 23.5 Å². The summed E-state index contributed by atoms with van der Waals surface area (Å²) in [5.41, 5.74) is 6.13. The molecule has 2 heterocycles. The highest BCUT2D eigenvalue weighted by Crippen LogP contribution is 2.29. The number of hydrogen-bond acceptors (Lipinski definition) is 4. The molecule has 24 heavy (non-hydrogen) atoms. The van der Waals surface area contributed by atoms with Crippen molar-refractivity contribution < 1.29 is 9.59 Å². The summed E-state index contributed by atoms with van der Waals surface area (Å²) in [5, 5.41) is 2.06. The minimum atomic E-state index is -0.312. The monoisotopic (exact) mass is 360 g/mol. The summed E-state index contributed by atoms with van der Waals surface area (Å²) in [5.74, 6) is 0.308. The maximum absolute atomic E-state index is 12.9. The van der Waals surface area contributed by atoms with Gasteiger partial charge >= 0.3 is 0 Å². The average Bonchev–Trinajstić information content (AvgIpc) is 3.13. The number of primary amides is 1. The first-order valence-corrected chi connectivity index (χ1v) is 9.84. The first kappa shape index (κ1) is 17.0. The maximum atomic E-state index is 12.9. The second-order valence-electron chi connectivity index (χ2n) is 5.86. The van der Waals surface area contributed by atoms with E-state index in [9.17, 15) is 9.59 Å². The molecule has 126 valence electrons. The lowest BCUT2D eigenvalue weighted by molar-refractivity contribution is -0.123. The highest BCUT2D eigenvalue weighted by atomic mass is 32.2. The zero-order valence-corrected chi connectivity index (χ0v) is 14.9. The van der Waals surface area contributed by atoms with E-state index in [0.29, 0.717) is 18.7 Å². The Morgan fingerprint density at radius 1 is 1.25 bits per heavy atom. The summed E-state index contributed by atoms with van der Waals surface area (Å²) >= 11 is 3.40. The summed E-state index contributed by atoms with van der Waals surface area (Å²) < 4.78 is 0. The van der Waals surface area contributed by atoms with Gasteiger partial charge in [-0.3, -0.25) is 9.59 Å². The van der Waals surface area contributed by atoms with E-state index in [4.69, 9.17) is 5.73 Å². The van der Waals surface area contributed by atoms with Gasteiger partial charge < -0.3 is 10.6 Å². The van der Waals surface area contributed by atoms with Crippen LogP contribution in [0.3, 0.4) is 0 Å². The Kier molecular flexibility index (Phi) is 5.58. The SMILES string of the molecule is NC(=O)C1CCCN(C(=O)c2ccccc2SCc2cccs2)C1. The summed E-state index contributed by atoms with van der Waals surface area (Å²) in [6.45, 7) is 1.12. The van der Waals surface area contributed by atoms with Gasteiger partial charge in [0.1, 0.15) is 0 Å². The summed E-state index contributed by atoms with van der Waals surface area (Å²) in [4.78, 5) is 28.4. The second-order valence-corrected chi connectivity index (χ2v) is 7.91. The van der Waals surface area contributed by atoms with Crippen LogP contribution < -0.4 is 5.73 Å². The van der Waals surface area contributed by atoms with Crippen molar-refractivity contribution >= 4 is 34.9 Å². The largest absolute Gasteiger partial charge is 0.369 e. The number of piperidine rings is 1. The minimum absolute atomic E-state index is 0.00442. The molecule has 1 fully saturated rings. The summed E-state index contributed by atoms with van der Waals surface area (Å²) in [6.07, 6.45) is 1.59. The van der Waals surface area contributed by atoms with Crippen LogP contribution in [-0.4, -0.2) is 29.8 Å². The van der Waals surface area contributed by atoms with Crippen molar-refractivity contribution in [1.82, 2.24) is 4.90 Å². The molecular weight excluding hydrogens is 340 g/mol. The van der Waals surface area contributed by atoms with E-state index >= 15 is 0 Å². The Morgan fingerprint density at radius 2 is 2.08 bits per heavy atom. The lowest BCUT2D eigenvalue weighted by atomic mass is 9.97. The van der Waals surface area contributed by atoms with Gasteiger partial charge in [-0.1, -0.05) is 18.2 Å². The summed E-state index contributed by atoms with van der Waals surface area (Å²) in [7, 11) is 0. The smallest absolute Gasteiger partial charge is 0.255 e. The van der Waals surface area contributed by atoms with Gasteiger partial charge in [0, 0.05) is 28.6 Å². The van der Waals surface area contributed by atoms with Crippen molar-refractivity contribution in [2.75, 3.05) is 13.1 Å². The van der Waals surface area contributed by atoms with Gasteiger partial charge in [-0.05, 0) is 36.4 Å².